The highest BCUT2D eigenvalue weighted by Crippen LogP contribution is 2.60. The van der Waals surface area contributed by atoms with Gasteiger partial charge in [0, 0.05) is 18.1 Å². The zero-order chi connectivity index (χ0) is 10.7. The van der Waals surface area contributed by atoms with Crippen molar-refractivity contribution < 1.29 is 5.11 Å². The van der Waals surface area contributed by atoms with Crippen molar-refractivity contribution in [2.24, 2.45) is 27.1 Å². The largest absolute Gasteiger partial charge is 0.396 e. The predicted molar refractivity (Wildman–Crippen MR) is 55.4 cm³/mol. The Morgan fingerprint density at radius 3 is 3.12 bits per heavy atom. The first-order valence-electron chi connectivity index (χ1n) is 5.50. The number of aliphatic hydroxyl groups excluding tert-OH is 1. The van der Waals surface area contributed by atoms with Gasteiger partial charge in [-0.05, 0) is 18.3 Å². The second kappa shape index (κ2) is 2.76. The molecule has 6 heteroatoms. The zero-order valence-electron chi connectivity index (χ0n) is 8.59. The van der Waals surface area contributed by atoms with Crippen LogP contribution in [0.3, 0.4) is 0 Å². The number of fused-ring (bicyclic) bond motifs is 3. The van der Waals surface area contributed by atoms with Crippen molar-refractivity contribution in [3.63, 3.8) is 0 Å². The Bertz CT molecular complexity index is 517. The number of aliphatic imine (C=N–C) groups is 1. The monoisotopic (exact) mass is 217 g/mol. The molecule has 1 saturated carbocycles. The SMILES string of the molecule is OCC1C2Cc3c(n[nH]c3C3=NCN=N3)C12. The van der Waals surface area contributed by atoms with E-state index in [1.165, 1.54) is 5.56 Å². The van der Waals surface area contributed by atoms with E-state index in [0.717, 1.165) is 17.8 Å². The van der Waals surface area contributed by atoms with Crippen LogP contribution in [-0.4, -0.2) is 34.4 Å². The summed E-state index contributed by atoms with van der Waals surface area (Å²) in [5, 5.41) is 24.3. The van der Waals surface area contributed by atoms with Gasteiger partial charge in [-0.3, -0.25) is 5.10 Å². The van der Waals surface area contributed by atoms with Gasteiger partial charge in [-0.1, -0.05) is 0 Å². The molecule has 4 rings (SSSR count). The lowest BCUT2D eigenvalue weighted by atomic mass is 10.1. The first kappa shape index (κ1) is 8.58. The Morgan fingerprint density at radius 1 is 1.44 bits per heavy atom. The van der Waals surface area contributed by atoms with E-state index in [9.17, 15) is 0 Å². The fraction of sp³-hybridized carbons (Fsp3) is 0.600. The third kappa shape index (κ3) is 0.904. The lowest BCUT2D eigenvalue weighted by Gasteiger charge is -2.00. The maximum atomic E-state index is 9.16. The van der Waals surface area contributed by atoms with Crippen LogP contribution >= 0.6 is 0 Å². The van der Waals surface area contributed by atoms with Crippen LogP contribution in [0.2, 0.25) is 0 Å². The van der Waals surface area contributed by atoms with Gasteiger partial charge >= 0.3 is 0 Å². The molecule has 1 aromatic heterocycles. The highest BCUT2D eigenvalue weighted by Gasteiger charge is 2.57. The Morgan fingerprint density at radius 2 is 2.38 bits per heavy atom. The molecule has 0 spiro atoms. The third-order valence-corrected chi connectivity index (χ3v) is 3.87. The van der Waals surface area contributed by atoms with Crippen molar-refractivity contribution in [2.75, 3.05) is 13.3 Å². The summed E-state index contributed by atoms with van der Waals surface area (Å²) >= 11 is 0. The Balaban J connectivity index is 1.74. The van der Waals surface area contributed by atoms with Crippen LogP contribution in [0.5, 0.6) is 0 Å². The highest BCUT2D eigenvalue weighted by atomic mass is 16.3. The van der Waals surface area contributed by atoms with E-state index in [-0.39, 0.29) is 6.61 Å². The van der Waals surface area contributed by atoms with Gasteiger partial charge in [0.2, 0.25) is 0 Å². The molecule has 0 aromatic carbocycles. The van der Waals surface area contributed by atoms with Crippen LogP contribution in [0.4, 0.5) is 0 Å². The standard InChI is InChI=1S/C10H11N5O/c16-2-6-4-1-5-8(7(4)6)13-14-9(5)10-11-3-12-15-10/h4,6-7,16H,1-3H2,(H,13,14). The van der Waals surface area contributed by atoms with Crippen molar-refractivity contribution in [3.05, 3.63) is 17.0 Å². The summed E-state index contributed by atoms with van der Waals surface area (Å²) in [4.78, 5) is 4.20. The number of nitrogens with zero attached hydrogens (tertiary/aromatic N) is 4. The summed E-state index contributed by atoms with van der Waals surface area (Å²) in [5.41, 5.74) is 3.28. The van der Waals surface area contributed by atoms with Crippen molar-refractivity contribution in [3.8, 4) is 0 Å². The lowest BCUT2D eigenvalue weighted by Crippen LogP contribution is -2.02. The number of aromatic nitrogens is 2. The molecule has 1 fully saturated rings. The van der Waals surface area contributed by atoms with Crippen molar-refractivity contribution in [1.29, 1.82) is 0 Å². The van der Waals surface area contributed by atoms with Crippen molar-refractivity contribution in [2.45, 2.75) is 12.3 Å². The number of rotatable bonds is 2. The summed E-state index contributed by atoms with van der Waals surface area (Å²) in [6.45, 7) is 0.701. The topological polar surface area (TPSA) is 86.0 Å². The van der Waals surface area contributed by atoms with E-state index >= 15 is 0 Å². The molecular formula is C10H11N5O. The third-order valence-electron chi connectivity index (χ3n) is 3.87. The molecule has 0 amide bonds. The highest BCUT2D eigenvalue weighted by molar-refractivity contribution is 5.99. The molecule has 1 aromatic rings. The molecular weight excluding hydrogens is 206 g/mol. The van der Waals surface area contributed by atoms with Gasteiger partial charge in [0.15, 0.2) is 12.5 Å². The summed E-state index contributed by atoms with van der Waals surface area (Å²) in [7, 11) is 0. The molecule has 3 aliphatic rings. The number of aliphatic hydroxyl groups is 1. The van der Waals surface area contributed by atoms with Gasteiger partial charge in [-0.2, -0.15) is 10.2 Å². The normalized spacial score (nSPS) is 33.8. The second-order valence-electron chi connectivity index (χ2n) is 4.57. The van der Waals surface area contributed by atoms with Crippen LogP contribution in [0, 0.1) is 11.8 Å². The van der Waals surface area contributed by atoms with Gasteiger partial charge in [0.05, 0.1) is 5.69 Å². The lowest BCUT2D eigenvalue weighted by molar-refractivity contribution is 0.265. The minimum atomic E-state index is 0.275. The average Bonchev–Trinajstić information content (AvgIpc) is 2.73. The average molecular weight is 217 g/mol. The van der Waals surface area contributed by atoms with E-state index in [2.05, 4.69) is 25.4 Å². The molecule has 2 aliphatic carbocycles. The minimum Gasteiger partial charge on any atom is -0.396 e. The number of aromatic amines is 1. The molecule has 3 atom stereocenters. The smallest absolute Gasteiger partial charge is 0.197 e. The van der Waals surface area contributed by atoms with Crippen LogP contribution in [-0.2, 0) is 6.42 Å². The molecule has 1 aliphatic heterocycles. The molecule has 3 unspecified atom stereocenters. The Hall–Kier alpha value is -1.56. The van der Waals surface area contributed by atoms with Crippen LogP contribution in [0.25, 0.3) is 0 Å². The number of nitrogens with one attached hydrogen (secondary N) is 1. The fourth-order valence-electron chi connectivity index (χ4n) is 3.02. The fourth-order valence-corrected chi connectivity index (χ4v) is 3.02. The number of hydrogen-bond acceptors (Lipinski definition) is 5. The van der Waals surface area contributed by atoms with E-state index in [4.69, 9.17) is 5.11 Å². The Kier molecular flexibility index (Phi) is 1.48. The molecule has 82 valence electrons. The van der Waals surface area contributed by atoms with Crippen LogP contribution in [0.15, 0.2) is 15.2 Å². The number of amidine groups is 1. The van der Waals surface area contributed by atoms with E-state index in [1.807, 2.05) is 0 Å². The Labute approximate surface area is 91.5 Å². The molecule has 0 bridgehead atoms. The first-order valence-corrected chi connectivity index (χ1v) is 5.50. The van der Waals surface area contributed by atoms with Crippen molar-refractivity contribution in [1.82, 2.24) is 10.2 Å². The summed E-state index contributed by atoms with van der Waals surface area (Å²) in [5.74, 6) is 2.16. The minimum absolute atomic E-state index is 0.275. The number of hydrogen-bond donors (Lipinski definition) is 2. The first-order chi connectivity index (χ1) is 7.90. The summed E-state index contributed by atoms with van der Waals surface area (Å²) < 4.78 is 0. The zero-order valence-corrected chi connectivity index (χ0v) is 8.59. The molecule has 16 heavy (non-hydrogen) atoms. The van der Waals surface area contributed by atoms with Gasteiger partial charge < -0.3 is 5.11 Å². The summed E-state index contributed by atoms with van der Waals surface area (Å²) in [6, 6.07) is 0. The van der Waals surface area contributed by atoms with E-state index in [1.54, 1.807) is 0 Å². The molecule has 0 saturated heterocycles. The maximum Gasteiger partial charge on any atom is 0.197 e. The van der Waals surface area contributed by atoms with Crippen molar-refractivity contribution >= 4 is 5.84 Å². The molecule has 2 heterocycles. The second-order valence-corrected chi connectivity index (χ2v) is 4.57. The number of azo groups is 1. The summed E-state index contributed by atoms with van der Waals surface area (Å²) in [6.07, 6.45) is 0.992. The van der Waals surface area contributed by atoms with Crippen LogP contribution in [0.1, 0.15) is 22.9 Å². The molecule has 0 radical (unpaired) electrons. The van der Waals surface area contributed by atoms with Crippen LogP contribution < -0.4 is 0 Å². The van der Waals surface area contributed by atoms with Gasteiger partial charge in [-0.15, -0.1) is 5.11 Å². The maximum absolute atomic E-state index is 9.16. The number of H-pyrrole nitrogens is 1. The van der Waals surface area contributed by atoms with Gasteiger partial charge in [0.25, 0.3) is 0 Å². The van der Waals surface area contributed by atoms with Gasteiger partial charge in [-0.25, -0.2) is 4.99 Å². The van der Waals surface area contributed by atoms with E-state index in [0.29, 0.717) is 30.3 Å². The van der Waals surface area contributed by atoms with E-state index < -0.39 is 0 Å². The predicted octanol–water partition coefficient (Wildman–Crippen LogP) is 0.458. The molecule has 2 N–H and O–H groups in total. The quantitative estimate of drug-likeness (QED) is 0.753. The molecule has 6 nitrogen and oxygen atoms in total. The van der Waals surface area contributed by atoms with Gasteiger partial charge in [0.1, 0.15) is 5.69 Å².